The van der Waals surface area contributed by atoms with Crippen LogP contribution < -0.4 is 9.47 Å². The monoisotopic (exact) mass is 474 g/mol. The third-order valence-electron chi connectivity index (χ3n) is 6.06. The maximum Gasteiger partial charge on any atom is 0.203 e. The number of halogens is 2. The van der Waals surface area contributed by atoms with Crippen LogP contribution in [-0.2, 0) is 0 Å². The van der Waals surface area contributed by atoms with Crippen molar-refractivity contribution in [1.82, 2.24) is 9.47 Å². The van der Waals surface area contributed by atoms with Gasteiger partial charge < -0.3 is 14.6 Å². The molecule has 1 fully saturated rings. The Morgan fingerprint density at radius 1 is 1.00 bits per heavy atom. The van der Waals surface area contributed by atoms with Crippen LogP contribution in [0, 0.1) is 5.92 Å². The van der Waals surface area contributed by atoms with E-state index in [2.05, 4.69) is 11.8 Å². The van der Waals surface area contributed by atoms with E-state index < -0.39 is 0 Å². The Kier molecular flexibility index (Phi) is 7.19. The van der Waals surface area contributed by atoms with E-state index in [-0.39, 0.29) is 5.88 Å². The third kappa shape index (κ3) is 5.01. The summed E-state index contributed by atoms with van der Waals surface area (Å²) >= 11 is 12.2. The van der Waals surface area contributed by atoms with Crippen LogP contribution in [0.2, 0.25) is 10.0 Å². The average molecular weight is 475 g/mol. The summed E-state index contributed by atoms with van der Waals surface area (Å²) in [5, 5.41) is 11.8. The summed E-state index contributed by atoms with van der Waals surface area (Å²) in [4.78, 5) is 2.44. The van der Waals surface area contributed by atoms with Gasteiger partial charge in [-0.15, -0.1) is 0 Å². The number of hydrogen-bond donors (Lipinski definition) is 1. The average Bonchev–Trinajstić information content (AvgIpc) is 3.18. The van der Waals surface area contributed by atoms with Crippen molar-refractivity contribution in [3.05, 3.63) is 58.7 Å². The van der Waals surface area contributed by atoms with Gasteiger partial charge in [-0.2, -0.15) is 0 Å². The second-order valence-electron chi connectivity index (χ2n) is 8.26. The molecule has 170 valence electrons. The van der Waals surface area contributed by atoms with Gasteiger partial charge in [-0.05, 0) is 67.7 Å². The van der Waals surface area contributed by atoms with E-state index >= 15 is 0 Å². The fourth-order valence-corrected chi connectivity index (χ4v) is 4.32. The van der Waals surface area contributed by atoms with E-state index in [1.807, 2.05) is 36.5 Å². The Morgan fingerprint density at radius 3 is 2.50 bits per heavy atom. The molecule has 1 aliphatic heterocycles. The summed E-state index contributed by atoms with van der Waals surface area (Å²) in [6.07, 6.45) is 4.30. The van der Waals surface area contributed by atoms with Crippen LogP contribution in [0.1, 0.15) is 19.8 Å². The second kappa shape index (κ2) is 10.1. The molecule has 0 aliphatic carbocycles. The molecule has 0 saturated carbocycles. The predicted molar refractivity (Wildman–Crippen MR) is 130 cm³/mol. The summed E-state index contributed by atoms with van der Waals surface area (Å²) in [6, 6.07) is 12.8. The number of likely N-dealkylation sites (tertiary alicyclic amines) is 1. The normalized spacial score (nSPS) is 15.1. The lowest BCUT2D eigenvalue weighted by molar-refractivity contribution is 0.158. The molecule has 2 heterocycles. The highest BCUT2D eigenvalue weighted by Gasteiger charge is 2.17. The smallest absolute Gasteiger partial charge is 0.203 e. The SMILES string of the molecule is COc1ccc(-n2ccc(-c3ccc(Cl)c(Cl)c3)c2O)cc1OCCN1CCC(C)CC1. The highest BCUT2D eigenvalue weighted by atomic mass is 35.5. The van der Waals surface area contributed by atoms with Crippen molar-refractivity contribution in [2.75, 3.05) is 33.4 Å². The number of hydrogen-bond acceptors (Lipinski definition) is 4. The van der Waals surface area contributed by atoms with Gasteiger partial charge in [0.1, 0.15) is 6.61 Å². The molecule has 2 aromatic carbocycles. The molecule has 1 aromatic heterocycles. The van der Waals surface area contributed by atoms with Crippen LogP contribution in [0.15, 0.2) is 48.7 Å². The quantitative estimate of drug-likeness (QED) is 0.437. The molecule has 32 heavy (non-hydrogen) atoms. The molecule has 7 heteroatoms. The van der Waals surface area contributed by atoms with Gasteiger partial charge in [0.25, 0.3) is 0 Å². The van der Waals surface area contributed by atoms with E-state index in [4.69, 9.17) is 32.7 Å². The molecule has 1 aliphatic rings. The summed E-state index contributed by atoms with van der Waals surface area (Å²) in [5.41, 5.74) is 2.23. The Hall–Kier alpha value is -2.34. The molecule has 5 nitrogen and oxygen atoms in total. The minimum absolute atomic E-state index is 0.113. The highest BCUT2D eigenvalue weighted by molar-refractivity contribution is 6.42. The number of benzene rings is 2. The molecule has 4 rings (SSSR count). The van der Waals surface area contributed by atoms with E-state index in [9.17, 15) is 5.11 Å². The summed E-state index contributed by atoms with van der Waals surface area (Å²) in [7, 11) is 1.63. The molecule has 0 unspecified atom stereocenters. The molecule has 3 aromatic rings. The van der Waals surface area contributed by atoms with Gasteiger partial charge in [0.05, 0.1) is 22.8 Å². The van der Waals surface area contributed by atoms with E-state index in [0.717, 1.165) is 36.8 Å². The van der Waals surface area contributed by atoms with Crippen LogP contribution in [0.25, 0.3) is 16.8 Å². The minimum atomic E-state index is 0.113. The number of nitrogens with zero attached hydrogens (tertiary/aromatic N) is 2. The first-order valence-electron chi connectivity index (χ1n) is 10.9. The number of aromatic nitrogens is 1. The number of ether oxygens (including phenoxy) is 2. The number of methoxy groups -OCH3 is 1. The lowest BCUT2D eigenvalue weighted by atomic mass is 9.99. The lowest BCUT2D eigenvalue weighted by Crippen LogP contribution is -2.35. The van der Waals surface area contributed by atoms with E-state index in [1.165, 1.54) is 12.8 Å². The number of aromatic hydroxyl groups is 1. The number of rotatable bonds is 7. The van der Waals surface area contributed by atoms with Gasteiger partial charge in [0.2, 0.25) is 5.88 Å². The highest BCUT2D eigenvalue weighted by Crippen LogP contribution is 2.37. The second-order valence-corrected chi connectivity index (χ2v) is 9.07. The molecule has 1 N–H and O–H groups in total. The van der Waals surface area contributed by atoms with Gasteiger partial charge in [-0.1, -0.05) is 36.2 Å². The molecule has 1 saturated heterocycles. The molecular formula is C25H28Cl2N2O3. The van der Waals surface area contributed by atoms with Gasteiger partial charge in [-0.25, -0.2) is 0 Å². The Labute approximate surface area is 199 Å². The predicted octanol–water partition coefficient (Wildman–Crippen LogP) is 6.28. The Bertz CT molecular complexity index is 1080. The largest absolute Gasteiger partial charge is 0.494 e. The van der Waals surface area contributed by atoms with E-state index in [0.29, 0.717) is 33.7 Å². The molecule has 0 amide bonds. The Morgan fingerprint density at radius 2 is 1.78 bits per heavy atom. The minimum Gasteiger partial charge on any atom is -0.494 e. The fraction of sp³-hybridized carbons (Fsp3) is 0.360. The van der Waals surface area contributed by atoms with Gasteiger partial charge in [-0.3, -0.25) is 9.47 Å². The molecule has 0 radical (unpaired) electrons. The summed E-state index contributed by atoms with van der Waals surface area (Å²) in [5.74, 6) is 2.24. The summed E-state index contributed by atoms with van der Waals surface area (Å²) < 4.78 is 13.3. The molecule has 0 atom stereocenters. The summed E-state index contributed by atoms with van der Waals surface area (Å²) in [6.45, 7) is 6.03. The van der Waals surface area contributed by atoms with Crippen LogP contribution in [-0.4, -0.2) is 47.9 Å². The molecule has 0 spiro atoms. The van der Waals surface area contributed by atoms with Crippen molar-refractivity contribution in [3.63, 3.8) is 0 Å². The first-order valence-corrected chi connectivity index (χ1v) is 11.6. The van der Waals surface area contributed by atoms with Crippen molar-refractivity contribution >= 4 is 23.2 Å². The van der Waals surface area contributed by atoms with Gasteiger partial charge >= 0.3 is 0 Å². The van der Waals surface area contributed by atoms with E-state index in [1.54, 1.807) is 23.8 Å². The maximum atomic E-state index is 10.9. The van der Waals surface area contributed by atoms with Crippen molar-refractivity contribution < 1.29 is 14.6 Å². The van der Waals surface area contributed by atoms with Crippen LogP contribution >= 0.6 is 23.2 Å². The first-order chi connectivity index (χ1) is 15.5. The van der Waals surface area contributed by atoms with Crippen molar-refractivity contribution in [2.24, 2.45) is 5.92 Å². The Balaban J connectivity index is 1.52. The fourth-order valence-electron chi connectivity index (χ4n) is 4.02. The van der Waals surface area contributed by atoms with Crippen LogP contribution in [0.4, 0.5) is 0 Å². The first kappa shape index (κ1) is 22.8. The van der Waals surface area contributed by atoms with Crippen LogP contribution in [0.5, 0.6) is 17.4 Å². The van der Waals surface area contributed by atoms with Crippen molar-refractivity contribution in [2.45, 2.75) is 19.8 Å². The van der Waals surface area contributed by atoms with Crippen LogP contribution in [0.3, 0.4) is 0 Å². The zero-order valence-electron chi connectivity index (χ0n) is 18.4. The van der Waals surface area contributed by atoms with Gasteiger partial charge in [0.15, 0.2) is 11.5 Å². The standard InChI is InChI=1S/C25H28Cl2N2O3/c1-17-7-10-28(11-8-17)13-14-32-24-16-19(4-6-23(24)31-2)29-12-9-20(25(29)30)18-3-5-21(26)22(27)15-18/h3-6,9,12,15-17,30H,7-8,10-11,13-14H2,1-2H3. The molecular weight excluding hydrogens is 447 g/mol. The van der Waals surface area contributed by atoms with Crippen molar-refractivity contribution in [1.29, 1.82) is 0 Å². The molecule has 0 bridgehead atoms. The van der Waals surface area contributed by atoms with Gasteiger partial charge in [0, 0.05) is 24.4 Å². The third-order valence-corrected chi connectivity index (χ3v) is 6.80. The lowest BCUT2D eigenvalue weighted by Gasteiger charge is -2.30. The topological polar surface area (TPSA) is 46.9 Å². The zero-order chi connectivity index (χ0) is 22.7. The van der Waals surface area contributed by atoms with Crippen molar-refractivity contribution in [3.8, 4) is 34.2 Å². The number of piperidine rings is 1. The maximum absolute atomic E-state index is 10.9. The zero-order valence-corrected chi connectivity index (χ0v) is 19.9.